The second-order valence-corrected chi connectivity index (χ2v) is 4.96. The fourth-order valence-electron chi connectivity index (χ4n) is 2.57. The molecule has 0 radical (unpaired) electrons. The summed E-state index contributed by atoms with van der Waals surface area (Å²) < 4.78 is 5.46. The second kappa shape index (κ2) is 4.57. The molecule has 2 rings (SSSR count). The van der Waals surface area contributed by atoms with Crippen molar-refractivity contribution in [2.75, 3.05) is 13.1 Å². The number of nitrogens with one attached hydrogen (secondary N) is 1. The van der Waals surface area contributed by atoms with E-state index in [0.717, 1.165) is 18.8 Å². The third-order valence-corrected chi connectivity index (χ3v) is 3.62. The van der Waals surface area contributed by atoms with Gasteiger partial charge >= 0.3 is 0 Å². The molecule has 1 unspecified atom stereocenters. The quantitative estimate of drug-likeness (QED) is 0.602. The van der Waals surface area contributed by atoms with E-state index >= 15 is 0 Å². The summed E-state index contributed by atoms with van der Waals surface area (Å²) in [7, 11) is 0. The van der Waals surface area contributed by atoms with Crippen molar-refractivity contribution in [3.63, 3.8) is 0 Å². The average Bonchev–Trinajstić information content (AvgIpc) is 2.91. The Kier molecular flexibility index (Phi) is 3.33. The molecule has 0 spiro atoms. The first-order chi connectivity index (χ1) is 7.66. The van der Waals surface area contributed by atoms with Crippen LogP contribution in [0.4, 0.5) is 0 Å². The molecule has 4 heteroatoms. The molecule has 1 aromatic heterocycles. The summed E-state index contributed by atoms with van der Waals surface area (Å²) in [6, 6.07) is 3.91. The number of hydrogen-bond donors (Lipinski definition) is 2. The fraction of sp³-hybridized carbons (Fsp3) is 0.667. The van der Waals surface area contributed by atoms with Gasteiger partial charge in [-0.15, -0.1) is 0 Å². The van der Waals surface area contributed by atoms with Crippen LogP contribution in [0.3, 0.4) is 0 Å². The standard InChI is InChI=1S/C12H21N3O/c1-12(2,15-7-3-4-8-15)11(14-13)10-6-5-9-16-10/h5-6,9,11,14H,3-4,7-8,13H2,1-2H3. The number of nitrogens with two attached hydrogens (primary N) is 1. The lowest BCUT2D eigenvalue weighted by Crippen LogP contribution is -2.53. The van der Waals surface area contributed by atoms with Crippen LogP contribution in [-0.4, -0.2) is 23.5 Å². The molecule has 1 fully saturated rings. The van der Waals surface area contributed by atoms with Gasteiger partial charge in [0.05, 0.1) is 12.3 Å². The average molecular weight is 223 g/mol. The van der Waals surface area contributed by atoms with Crippen molar-refractivity contribution >= 4 is 0 Å². The van der Waals surface area contributed by atoms with Gasteiger partial charge in [0.1, 0.15) is 5.76 Å². The predicted octanol–water partition coefficient (Wildman–Crippen LogP) is 1.66. The Morgan fingerprint density at radius 1 is 1.44 bits per heavy atom. The van der Waals surface area contributed by atoms with Gasteiger partial charge in [0.2, 0.25) is 0 Å². The molecule has 3 N–H and O–H groups in total. The van der Waals surface area contributed by atoms with Crippen molar-refractivity contribution in [2.45, 2.75) is 38.3 Å². The summed E-state index contributed by atoms with van der Waals surface area (Å²) in [5, 5.41) is 0. The largest absolute Gasteiger partial charge is 0.468 e. The zero-order chi connectivity index (χ0) is 11.6. The first-order valence-corrected chi connectivity index (χ1v) is 5.91. The zero-order valence-electron chi connectivity index (χ0n) is 10.1. The molecule has 1 aliphatic heterocycles. The van der Waals surface area contributed by atoms with Crippen LogP contribution in [0.5, 0.6) is 0 Å². The highest BCUT2D eigenvalue weighted by atomic mass is 16.3. The van der Waals surface area contributed by atoms with Gasteiger partial charge in [-0.05, 0) is 51.9 Å². The second-order valence-electron chi connectivity index (χ2n) is 4.96. The summed E-state index contributed by atoms with van der Waals surface area (Å²) in [5.41, 5.74) is 2.86. The van der Waals surface area contributed by atoms with Gasteiger partial charge in [-0.25, -0.2) is 5.43 Å². The van der Waals surface area contributed by atoms with E-state index in [9.17, 15) is 0 Å². The first kappa shape index (κ1) is 11.6. The molecule has 0 saturated carbocycles. The van der Waals surface area contributed by atoms with E-state index in [2.05, 4.69) is 24.2 Å². The number of hydrazine groups is 1. The zero-order valence-corrected chi connectivity index (χ0v) is 10.1. The van der Waals surface area contributed by atoms with Gasteiger partial charge < -0.3 is 4.42 Å². The monoisotopic (exact) mass is 223 g/mol. The van der Waals surface area contributed by atoms with Crippen LogP contribution in [0.15, 0.2) is 22.8 Å². The number of likely N-dealkylation sites (tertiary alicyclic amines) is 1. The Labute approximate surface area is 96.8 Å². The van der Waals surface area contributed by atoms with Crippen LogP contribution in [0.1, 0.15) is 38.5 Å². The lowest BCUT2D eigenvalue weighted by atomic mass is 9.91. The molecule has 1 atom stereocenters. The third-order valence-electron chi connectivity index (χ3n) is 3.62. The van der Waals surface area contributed by atoms with Crippen molar-refractivity contribution in [1.82, 2.24) is 10.3 Å². The predicted molar refractivity (Wildman–Crippen MR) is 63.7 cm³/mol. The molecule has 16 heavy (non-hydrogen) atoms. The fourth-order valence-corrected chi connectivity index (χ4v) is 2.57. The van der Waals surface area contributed by atoms with Crippen LogP contribution in [0.25, 0.3) is 0 Å². The molecular weight excluding hydrogens is 202 g/mol. The highest BCUT2D eigenvalue weighted by Gasteiger charge is 2.38. The first-order valence-electron chi connectivity index (χ1n) is 5.91. The van der Waals surface area contributed by atoms with Crippen molar-refractivity contribution in [3.8, 4) is 0 Å². The maximum absolute atomic E-state index is 5.68. The summed E-state index contributed by atoms with van der Waals surface area (Å²) in [5.74, 6) is 6.58. The summed E-state index contributed by atoms with van der Waals surface area (Å²) in [4.78, 5) is 2.47. The maximum atomic E-state index is 5.68. The number of nitrogens with zero attached hydrogens (tertiary/aromatic N) is 1. The highest BCUT2D eigenvalue weighted by Crippen LogP contribution is 2.33. The van der Waals surface area contributed by atoms with E-state index < -0.39 is 0 Å². The molecule has 2 heterocycles. The minimum Gasteiger partial charge on any atom is -0.468 e. The number of furan rings is 1. The van der Waals surface area contributed by atoms with Gasteiger partial charge in [-0.3, -0.25) is 10.7 Å². The lowest BCUT2D eigenvalue weighted by Gasteiger charge is -2.40. The third kappa shape index (κ3) is 2.00. The Balaban J connectivity index is 2.19. The molecular formula is C12H21N3O. The van der Waals surface area contributed by atoms with Crippen LogP contribution < -0.4 is 11.3 Å². The smallest absolute Gasteiger partial charge is 0.123 e. The molecule has 1 aromatic rings. The number of hydrogen-bond acceptors (Lipinski definition) is 4. The normalized spacial score (nSPS) is 20.2. The van der Waals surface area contributed by atoms with Crippen molar-refractivity contribution in [2.24, 2.45) is 5.84 Å². The molecule has 4 nitrogen and oxygen atoms in total. The molecule has 1 saturated heterocycles. The minimum atomic E-state index is -0.0247. The summed E-state index contributed by atoms with van der Waals surface area (Å²) in [6.45, 7) is 6.72. The SMILES string of the molecule is CC(C)(C(NN)c1ccco1)N1CCCC1. The lowest BCUT2D eigenvalue weighted by molar-refractivity contribution is 0.0963. The molecule has 0 aromatic carbocycles. The molecule has 1 aliphatic rings. The van der Waals surface area contributed by atoms with Crippen molar-refractivity contribution in [1.29, 1.82) is 0 Å². The molecule has 0 bridgehead atoms. The Bertz CT molecular complexity index is 315. The van der Waals surface area contributed by atoms with Crippen LogP contribution in [0.2, 0.25) is 0 Å². The van der Waals surface area contributed by atoms with Crippen LogP contribution in [0, 0.1) is 0 Å². The Hall–Kier alpha value is -0.840. The van der Waals surface area contributed by atoms with Gasteiger partial charge in [0, 0.05) is 5.54 Å². The minimum absolute atomic E-state index is 0.0247. The van der Waals surface area contributed by atoms with Crippen LogP contribution in [-0.2, 0) is 0 Å². The molecule has 0 amide bonds. The number of rotatable bonds is 4. The van der Waals surface area contributed by atoms with Gasteiger partial charge in [0.15, 0.2) is 0 Å². The Morgan fingerprint density at radius 3 is 2.62 bits per heavy atom. The van der Waals surface area contributed by atoms with Gasteiger partial charge in [0.25, 0.3) is 0 Å². The van der Waals surface area contributed by atoms with E-state index in [4.69, 9.17) is 10.3 Å². The Morgan fingerprint density at radius 2 is 2.12 bits per heavy atom. The highest BCUT2D eigenvalue weighted by molar-refractivity contribution is 5.11. The van der Waals surface area contributed by atoms with Crippen molar-refractivity contribution in [3.05, 3.63) is 24.2 Å². The molecule has 90 valence electrons. The van der Waals surface area contributed by atoms with E-state index in [1.54, 1.807) is 6.26 Å². The summed E-state index contributed by atoms with van der Waals surface area (Å²) >= 11 is 0. The van der Waals surface area contributed by atoms with Gasteiger partial charge in [-0.2, -0.15) is 0 Å². The van der Waals surface area contributed by atoms with E-state index in [1.807, 2.05) is 12.1 Å². The van der Waals surface area contributed by atoms with E-state index in [1.165, 1.54) is 12.8 Å². The maximum Gasteiger partial charge on any atom is 0.123 e. The van der Waals surface area contributed by atoms with Crippen LogP contribution >= 0.6 is 0 Å². The topological polar surface area (TPSA) is 54.4 Å². The van der Waals surface area contributed by atoms with E-state index in [0.29, 0.717) is 0 Å². The molecule has 0 aliphatic carbocycles. The van der Waals surface area contributed by atoms with E-state index in [-0.39, 0.29) is 11.6 Å². The summed E-state index contributed by atoms with van der Waals surface area (Å²) in [6.07, 6.45) is 4.25. The van der Waals surface area contributed by atoms with Gasteiger partial charge in [-0.1, -0.05) is 0 Å². The van der Waals surface area contributed by atoms with Crippen molar-refractivity contribution < 1.29 is 4.42 Å².